The molecule has 7 nitrogen and oxygen atoms in total. The van der Waals surface area contributed by atoms with Crippen LogP contribution in [0.4, 0.5) is 0 Å². The van der Waals surface area contributed by atoms with Crippen molar-refractivity contribution in [2.45, 2.75) is 24.8 Å². The summed E-state index contributed by atoms with van der Waals surface area (Å²) >= 11 is 0. The van der Waals surface area contributed by atoms with Crippen LogP contribution < -0.4 is 5.32 Å². The molecule has 2 heterocycles. The number of piperazine rings is 1. The second-order valence-electron chi connectivity index (χ2n) is 4.69. The van der Waals surface area contributed by atoms with Gasteiger partial charge in [-0.25, -0.2) is 13.2 Å². The van der Waals surface area contributed by atoms with Gasteiger partial charge < -0.3 is 14.5 Å². The smallest absolute Gasteiger partial charge is 0.373 e. The lowest BCUT2D eigenvalue weighted by Gasteiger charge is -2.32. The molecule has 1 N–H and O–H groups in total. The Morgan fingerprint density at radius 3 is 2.85 bits per heavy atom. The number of nitrogens with zero attached hydrogens (tertiary/aromatic N) is 1. The van der Waals surface area contributed by atoms with Crippen molar-refractivity contribution in [3.63, 3.8) is 0 Å². The molecule has 20 heavy (non-hydrogen) atoms. The van der Waals surface area contributed by atoms with Gasteiger partial charge in [0.25, 0.3) is 0 Å². The first-order valence-corrected chi connectivity index (χ1v) is 7.73. The van der Waals surface area contributed by atoms with Crippen molar-refractivity contribution >= 4 is 16.0 Å². The summed E-state index contributed by atoms with van der Waals surface area (Å²) in [5, 5.41) is 3.13. The van der Waals surface area contributed by atoms with Crippen molar-refractivity contribution < 1.29 is 22.4 Å². The molecule has 1 saturated heterocycles. The van der Waals surface area contributed by atoms with E-state index in [9.17, 15) is 13.2 Å². The van der Waals surface area contributed by atoms with Crippen LogP contribution in [0.1, 0.15) is 23.2 Å². The first-order valence-electron chi connectivity index (χ1n) is 6.29. The molecule has 1 atom stereocenters. The zero-order valence-corrected chi connectivity index (χ0v) is 12.5. The molecule has 1 aliphatic rings. The molecule has 112 valence electrons. The van der Waals surface area contributed by atoms with Crippen LogP contribution in [0, 0.1) is 6.92 Å². The fourth-order valence-corrected chi connectivity index (χ4v) is 4.02. The molecule has 1 unspecified atom stereocenters. The number of hydrogen-bond donors (Lipinski definition) is 1. The van der Waals surface area contributed by atoms with Gasteiger partial charge in [-0.05, 0) is 13.8 Å². The standard InChI is InChI=1S/C12H18N2O5S/c1-8-7-13-4-5-14(8)20(16,17)11-6-10(12(15)18-3)19-9(11)2/h6,8,13H,4-5,7H2,1-3H3. The number of ether oxygens (including phenoxy) is 1. The number of nitrogens with one attached hydrogen (secondary N) is 1. The number of esters is 1. The van der Waals surface area contributed by atoms with Crippen LogP contribution >= 0.6 is 0 Å². The largest absolute Gasteiger partial charge is 0.463 e. The predicted molar refractivity (Wildman–Crippen MR) is 71.0 cm³/mol. The maximum atomic E-state index is 12.6. The molecular weight excluding hydrogens is 284 g/mol. The van der Waals surface area contributed by atoms with Crippen LogP contribution in [-0.2, 0) is 14.8 Å². The SMILES string of the molecule is COC(=O)c1cc(S(=O)(=O)N2CCNCC2C)c(C)o1. The van der Waals surface area contributed by atoms with E-state index >= 15 is 0 Å². The van der Waals surface area contributed by atoms with Gasteiger partial charge in [-0.15, -0.1) is 0 Å². The number of methoxy groups -OCH3 is 1. The Bertz CT molecular complexity index is 607. The molecule has 0 saturated carbocycles. The van der Waals surface area contributed by atoms with Crippen molar-refractivity contribution in [1.82, 2.24) is 9.62 Å². The molecule has 2 rings (SSSR count). The predicted octanol–water partition coefficient (Wildman–Crippen LogP) is 0.357. The van der Waals surface area contributed by atoms with Crippen LogP contribution in [-0.4, -0.2) is 51.5 Å². The number of rotatable bonds is 3. The third kappa shape index (κ3) is 2.58. The second-order valence-corrected chi connectivity index (χ2v) is 6.55. The molecule has 1 fully saturated rings. The average molecular weight is 302 g/mol. The van der Waals surface area contributed by atoms with E-state index in [4.69, 9.17) is 4.42 Å². The number of carbonyl (C=O) groups excluding carboxylic acids is 1. The summed E-state index contributed by atoms with van der Waals surface area (Å²) in [5.41, 5.74) is 0. The monoisotopic (exact) mass is 302 g/mol. The van der Waals surface area contributed by atoms with Gasteiger partial charge in [-0.1, -0.05) is 0 Å². The molecule has 1 aliphatic heterocycles. The summed E-state index contributed by atoms with van der Waals surface area (Å²) in [4.78, 5) is 11.4. The van der Waals surface area contributed by atoms with Crippen LogP contribution in [0.15, 0.2) is 15.4 Å². The highest BCUT2D eigenvalue weighted by molar-refractivity contribution is 7.89. The quantitative estimate of drug-likeness (QED) is 0.811. The van der Waals surface area contributed by atoms with Crippen LogP contribution in [0.2, 0.25) is 0 Å². The summed E-state index contributed by atoms with van der Waals surface area (Å²) in [6.07, 6.45) is 0. The van der Waals surface area contributed by atoms with Crippen molar-refractivity contribution in [1.29, 1.82) is 0 Å². The van der Waals surface area contributed by atoms with E-state index in [0.29, 0.717) is 19.6 Å². The van der Waals surface area contributed by atoms with Gasteiger partial charge in [0.15, 0.2) is 0 Å². The van der Waals surface area contributed by atoms with Crippen molar-refractivity contribution in [2.75, 3.05) is 26.7 Å². The van der Waals surface area contributed by atoms with Gasteiger partial charge in [0.05, 0.1) is 7.11 Å². The number of sulfonamides is 1. The molecule has 0 bridgehead atoms. The van der Waals surface area contributed by atoms with Crippen LogP contribution in [0.3, 0.4) is 0 Å². The third-order valence-electron chi connectivity index (χ3n) is 3.29. The Morgan fingerprint density at radius 1 is 1.55 bits per heavy atom. The molecular formula is C12H18N2O5S. The van der Waals surface area contributed by atoms with E-state index in [0.717, 1.165) is 0 Å². The summed E-state index contributed by atoms with van der Waals surface area (Å²) in [6.45, 7) is 4.94. The van der Waals surface area contributed by atoms with Gasteiger partial charge in [-0.2, -0.15) is 4.31 Å². The van der Waals surface area contributed by atoms with Crippen molar-refractivity contribution in [2.24, 2.45) is 0 Å². The van der Waals surface area contributed by atoms with Gasteiger partial charge in [0.2, 0.25) is 15.8 Å². The number of furan rings is 1. The van der Waals surface area contributed by atoms with E-state index in [1.165, 1.54) is 24.4 Å². The van der Waals surface area contributed by atoms with Gasteiger partial charge in [0, 0.05) is 31.7 Å². The lowest BCUT2D eigenvalue weighted by atomic mass is 10.3. The van der Waals surface area contributed by atoms with E-state index in [2.05, 4.69) is 10.1 Å². The molecule has 0 spiro atoms. The molecule has 0 aliphatic carbocycles. The van der Waals surface area contributed by atoms with E-state index < -0.39 is 16.0 Å². The highest BCUT2D eigenvalue weighted by atomic mass is 32.2. The first kappa shape index (κ1) is 15.0. The topological polar surface area (TPSA) is 88.9 Å². The Balaban J connectivity index is 2.39. The Morgan fingerprint density at radius 2 is 2.25 bits per heavy atom. The van der Waals surface area contributed by atoms with Gasteiger partial charge in [-0.3, -0.25) is 0 Å². The third-order valence-corrected chi connectivity index (χ3v) is 5.41. The minimum atomic E-state index is -3.67. The van der Waals surface area contributed by atoms with Crippen molar-refractivity contribution in [3.05, 3.63) is 17.6 Å². The van der Waals surface area contributed by atoms with E-state index in [-0.39, 0.29) is 22.5 Å². The summed E-state index contributed by atoms with van der Waals surface area (Å²) in [7, 11) is -2.46. The molecule has 8 heteroatoms. The Labute approximate surface area is 117 Å². The maximum absolute atomic E-state index is 12.6. The first-order chi connectivity index (χ1) is 9.37. The zero-order valence-electron chi connectivity index (χ0n) is 11.7. The van der Waals surface area contributed by atoms with Gasteiger partial charge in [0.1, 0.15) is 10.7 Å². The molecule has 0 amide bonds. The molecule has 0 radical (unpaired) electrons. The minimum absolute atomic E-state index is 0.0200. The second kappa shape index (κ2) is 5.55. The fourth-order valence-electron chi connectivity index (χ4n) is 2.23. The summed E-state index contributed by atoms with van der Waals surface area (Å²) < 4.78 is 36.4. The Kier molecular flexibility index (Phi) is 4.17. The van der Waals surface area contributed by atoms with Gasteiger partial charge >= 0.3 is 5.97 Å². The summed E-state index contributed by atoms with van der Waals surface area (Å²) in [5.74, 6) is -0.606. The lowest BCUT2D eigenvalue weighted by Crippen LogP contribution is -2.52. The molecule has 0 aromatic carbocycles. The molecule has 1 aromatic rings. The highest BCUT2D eigenvalue weighted by Crippen LogP contribution is 2.25. The van der Waals surface area contributed by atoms with Crippen LogP contribution in [0.25, 0.3) is 0 Å². The van der Waals surface area contributed by atoms with Crippen LogP contribution in [0.5, 0.6) is 0 Å². The Hall–Kier alpha value is -1.38. The highest BCUT2D eigenvalue weighted by Gasteiger charge is 2.34. The van der Waals surface area contributed by atoms with E-state index in [1.807, 2.05) is 6.92 Å². The van der Waals surface area contributed by atoms with E-state index in [1.54, 1.807) is 0 Å². The maximum Gasteiger partial charge on any atom is 0.373 e. The number of carbonyl (C=O) groups is 1. The fraction of sp³-hybridized carbons (Fsp3) is 0.583. The number of hydrogen-bond acceptors (Lipinski definition) is 6. The van der Waals surface area contributed by atoms with Crippen molar-refractivity contribution in [3.8, 4) is 0 Å². The zero-order chi connectivity index (χ0) is 14.9. The summed E-state index contributed by atoms with van der Waals surface area (Å²) in [6, 6.07) is 1.08. The average Bonchev–Trinajstić information content (AvgIpc) is 2.81. The normalized spacial score (nSPS) is 20.9. The minimum Gasteiger partial charge on any atom is -0.463 e. The molecule has 1 aromatic heterocycles. The number of aryl methyl sites for hydroxylation is 1. The lowest BCUT2D eigenvalue weighted by molar-refractivity contribution is 0.0563.